The molecule has 0 saturated carbocycles. The van der Waals surface area contributed by atoms with Crippen LogP contribution in [-0.4, -0.2) is 37.9 Å². The number of hydrogen-bond acceptors (Lipinski definition) is 3. The van der Waals surface area contributed by atoms with E-state index in [4.69, 9.17) is 9.47 Å². The van der Waals surface area contributed by atoms with E-state index in [1.807, 2.05) is 0 Å². The van der Waals surface area contributed by atoms with Crippen molar-refractivity contribution in [1.29, 1.82) is 0 Å². The van der Waals surface area contributed by atoms with E-state index in [2.05, 4.69) is 5.32 Å². The fraction of sp³-hybridized carbons (Fsp3) is 0.533. The molecule has 0 radical (unpaired) electrons. The number of hydrogen-bond donors (Lipinski definition) is 1. The van der Waals surface area contributed by atoms with Crippen LogP contribution in [-0.2, 0) is 14.3 Å². The van der Waals surface area contributed by atoms with Crippen LogP contribution in [0.15, 0.2) is 30.3 Å². The average Bonchev–Trinajstić information content (AvgIpc) is 2.48. The van der Waals surface area contributed by atoms with Crippen LogP contribution in [0.4, 0.5) is 13.2 Å². The largest absolute Gasteiger partial charge is 0.418 e. The summed E-state index contributed by atoms with van der Waals surface area (Å²) in [7, 11) is 0. The highest BCUT2D eigenvalue weighted by Gasteiger charge is 2.42. The lowest BCUT2D eigenvalue weighted by Gasteiger charge is -2.24. The van der Waals surface area contributed by atoms with Gasteiger partial charge in [0.25, 0.3) is 0 Å². The van der Waals surface area contributed by atoms with Gasteiger partial charge in [-0.15, -0.1) is 0 Å². The van der Waals surface area contributed by atoms with E-state index in [1.54, 1.807) is 6.07 Å². The molecule has 2 rings (SSSR count). The van der Waals surface area contributed by atoms with E-state index in [-0.39, 0.29) is 11.6 Å². The number of nitrogens with one attached hydrogen (secondary N) is 1. The van der Waals surface area contributed by atoms with Gasteiger partial charge in [0.05, 0.1) is 0 Å². The Morgan fingerprint density at radius 1 is 1.27 bits per heavy atom. The molecule has 7 heteroatoms. The number of alkyl halides is 3. The summed E-state index contributed by atoms with van der Waals surface area (Å²) in [5, 5.41) is 2.67. The number of halogens is 3. The third-order valence-corrected chi connectivity index (χ3v) is 3.37. The molecule has 1 aromatic rings. The van der Waals surface area contributed by atoms with Crippen LogP contribution in [0.3, 0.4) is 0 Å². The minimum atomic E-state index is -4.57. The summed E-state index contributed by atoms with van der Waals surface area (Å²) in [6, 6.07) is 7.21. The SMILES string of the molecule is O=C(COC(c1ccccc1)C(F)(F)F)NC1CCOCC1. The van der Waals surface area contributed by atoms with E-state index in [0.29, 0.717) is 26.1 Å². The molecule has 122 valence electrons. The summed E-state index contributed by atoms with van der Waals surface area (Å²) in [6.45, 7) is 0.457. The second-order valence-electron chi connectivity index (χ2n) is 5.10. The van der Waals surface area contributed by atoms with Crippen molar-refractivity contribution in [3.8, 4) is 0 Å². The van der Waals surface area contributed by atoms with Crippen LogP contribution in [0.1, 0.15) is 24.5 Å². The van der Waals surface area contributed by atoms with E-state index < -0.39 is 24.8 Å². The lowest BCUT2D eigenvalue weighted by atomic mass is 10.1. The molecule has 1 aromatic carbocycles. The lowest BCUT2D eigenvalue weighted by molar-refractivity contribution is -0.223. The van der Waals surface area contributed by atoms with E-state index in [0.717, 1.165) is 0 Å². The molecule has 1 fully saturated rings. The van der Waals surface area contributed by atoms with Crippen molar-refractivity contribution in [2.75, 3.05) is 19.8 Å². The Hall–Kier alpha value is -1.60. The summed E-state index contributed by atoms with van der Waals surface area (Å²) < 4.78 is 49.1. The quantitative estimate of drug-likeness (QED) is 0.908. The Bertz CT molecular complexity index is 473. The fourth-order valence-corrected chi connectivity index (χ4v) is 2.28. The van der Waals surface area contributed by atoms with E-state index in [1.165, 1.54) is 24.3 Å². The molecule has 1 unspecified atom stereocenters. The second kappa shape index (κ2) is 7.60. The first kappa shape index (κ1) is 16.8. The van der Waals surface area contributed by atoms with Gasteiger partial charge in [0, 0.05) is 19.3 Å². The number of benzene rings is 1. The maximum absolute atomic E-state index is 13.0. The van der Waals surface area contributed by atoms with E-state index in [9.17, 15) is 18.0 Å². The van der Waals surface area contributed by atoms with Gasteiger partial charge in [0.2, 0.25) is 5.91 Å². The summed E-state index contributed by atoms with van der Waals surface area (Å²) >= 11 is 0. The molecule has 4 nitrogen and oxygen atoms in total. The van der Waals surface area contributed by atoms with Crippen molar-refractivity contribution < 1.29 is 27.4 Å². The molecule has 1 amide bonds. The van der Waals surface area contributed by atoms with Gasteiger partial charge in [-0.25, -0.2) is 0 Å². The minimum absolute atomic E-state index is 0.0196. The molecule has 1 atom stereocenters. The van der Waals surface area contributed by atoms with Crippen LogP contribution in [0.2, 0.25) is 0 Å². The van der Waals surface area contributed by atoms with Gasteiger partial charge in [-0.2, -0.15) is 13.2 Å². The van der Waals surface area contributed by atoms with Crippen LogP contribution in [0, 0.1) is 0 Å². The summed E-state index contributed by atoms with van der Waals surface area (Å²) in [5.74, 6) is -0.544. The molecule has 0 aromatic heterocycles. The standard InChI is InChI=1S/C15H18F3NO3/c16-15(17,18)14(11-4-2-1-3-5-11)22-10-13(20)19-12-6-8-21-9-7-12/h1-5,12,14H,6-10H2,(H,19,20). The van der Waals surface area contributed by atoms with Gasteiger partial charge in [-0.1, -0.05) is 30.3 Å². The molecule has 0 aliphatic carbocycles. The molecular weight excluding hydrogens is 299 g/mol. The Kier molecular flexibility index (Phi) is 5.79. The van der Waals surface area contributed by atoms with Crippen molar-refractivity contribution in [3.63, 3.8) is 0 Å². The number of amides is 1. The summed E-state index contributed by atoms with van der Waals surface area (Å²) in [4.78, 5) is 11.7. The Morgan fingerprint density at radius 3 is 2.50 bits per heavy atom. The Labute approximate surface area is 126 Å². The third kappa shape index (κ3) is 4.99. The molecule has 0 bridgehead atoms. The van der Waals surface area contributed by atoms with Crippen molar-refractivity contribution >= 4 is 5.91 Å². The predicted molar refractivity (Wildman–Crippen MR) is 73.2 cm³/mol. The van der Waals surface area contributed by atoms with Gasteiger partial charge >= 0.3 is 6.18 Å². The highest BCUT2D eigenvalue weighted by Crippen LogP contribution is 2.35. The van der Waals surface area contributed by atoms with Crippen LogP contribution in [0.25, 0.3) is 0 Å². The van der Waals surface area contributed by atoms with E-state index >= 15 is 0 Å². The van der Waals surface area contributed by atoms with Gasteiger partial charge in [-0.05, 0) is 18.4 Å². The minimum Gasteiger partial charge on any atom is -0.381 e. The summed E-state index contributed by atoms with van der Waals surface area (Å²) in [5.41, 5.74) is -0.0196. The lowest BCUT2D eigenvalue weighted by Crippen LogP contribution is -2.41. The topological polar surface area (TPSA) is 47.6 Å². The smallest absolute Gasteiger partial charge is 0.381 e. The monoisotopic (exact) mass is 317 g/mol. The summed E-state index contributed by atoms with van der Waals surface area (Å²) in [6.07, 6.45) is -5.35. The Balaban J connectivity index is 1.89. The zero-order chi connectivity index (χ0) is 16.0. The predicted octanol–water partition coefficient (Wildman–Crippen LogP) is 2.60. The highest BCUT2D eigenvalue weighted by atomic mass is 19.4. The average molecular weight is 317 g/mol. The molecule has 1 aliphatic heterocycles. The van der Waals surface area contributed by atoms with Crippen molar-refractivity contribution in [3.05, 3.63) is 35.9 Å². The first-order valence-electron chi connectivity index (χ1n) is 7.07. The van der Waals surface area contributed by atoms with Gasteiger partial charge in [0.15, 0.2) is 6.10 Å². The van der Waals surface area contributed by atoms with Crippen LogP contribution < -0.4 is 5.32 Å². The molecule has 1 aliphatic rings. The molecular formula is C15H18F3NO3. The van der Waals surface area contributed by atoms with Crippen molar-refractivity contribution in [1.82, 2.24) is 5.32 Å². The number of carbonyl (C=O) groups excluding carboxylic acids is 1. The van der Waals surface area contributed by atoms with Gasteiger partial charge in [-0.3, -0.25) is 4.79 Å². The normalized spacial score (nSPS) is 18.0. The first-order chi connectivity index (χ1) is 10.5. The zero-order valence-electron chi connectivity index (χ0n) is 11.9. The Morgan fingerprint density at radius 2 is 1.91 bits per heavy atom. The number of ether oxygens (including phenoxy) is 2. The number of rotatable bonds is 5. The van der Waals surface area contributed by atoms with Crippen LogP contribution >= 0.6 is 0 Å². The molecule has 1 heterocycles. The third-order valence-electron chi connectivity index (χ3n) is 3.37. The molecule has 22 heavy (non-hydrogen) atoms. The molecule has 1 saturated heterocycles. The second-order valence-corrected chi connectivity index (χ2v) is 5.10. The van der Waals surface area contributed by atoms with Crippen LogP contribution in [0.5, 0.6) is 0 Å². The first-order valence-corrected chi connectivity index (χ1v) is 7.07. The molecule has 0 spiro atoms. The van der Waals surface area contributed by atoms with Crippen molar-refractivity contribution in [2.45, 2.75) is 31.2 Å². The number of carbonyl (C=O) groups is 1. The molecule has 1 N–H and O–H groups in total. The van der Waals surface area contributed by atoms with Gasteiger partial charge < -0.3 is 14.8 Å². The zero-order valence-corrected chi connectivity index (χ0v) is 11.9. The van der Waals surface area contributed by atoms with Crippen molar-refractivity contribution in [2.24, 2.45) is 0 Å². The maximum atomic E-state index is 13.0. The van der Waals surface area contributed by atoms with Gasteiger partial charge in [0.1, 0.15) is 6.61 Å². The fourth-order valence-electron chi connectivity index (χ4n) is 2.28. The maximum Gasteiger partial charge on any atom is 0.418 e. The highest BCUT2D eigenvalue weighted by molar-refractivity contribution is 5.77.